The van der Waals surface area contributed by atoms with Crippen LogP contribution in [-0.4, -0.2) is 37.3 Å². The number of aromatic nitrogens is 3. The third-order valence-corrected chi connectivity index (χ3v) is 6.29. The average Bonchev–Trinajstić information content (AvgIpc) is 2.86. The van der Waals surface area contributed by atoms with Crippen LogP contribution in [0, 0.1) is 17.6 Å². The van der Waals surface area contributed by atoms with E-state index in [2.05, 4.69) is 10.3 Å². The minimum absolute atomic E-state index is 0.0146. The zero-order valence-electron chi connectivity index (χ0n) is 18.9. The molecule has 4 aromatic rings. The standard InChI is InChI=1S/C26H22ClF2N3O4/c27-18-7-8-19-23(14-18)30-31-32(25(19)34)12-11-20(26(35)36)24(33)10-3-15-1-4-16(5-2-15)17-6-9-21(28)22(29)13-17/h1-2,4-9,13-14,20,24,33H,3,10-12H2,(H,35,36)/t20-,24+/m0/s1. The van der Waals surface area contributed by atoms with Crippen LogP contribution in [0.1, 0.15) is 18.4 Å². The lowest BCUT2D eigenvalue weighted by Crippen LogP contribution is -2.32. The molecule has 10 heteroatoms. The molecule has 0 amide bonds. The van der Waals surface area contributed by atoms with Gasteiger partial charge in [0.15, 0.2) is 11.6 Å². The topological polar surface area (TPSA) is 105 Å². The van der Waals surface area contributed by atoms with E-state index < -0.39 is 35.2 Å². The maximum Gasteiger partial charge on any atom is 0.309 e. The highest BCUT2D eigenvalue weighted by Gasteiger charge is 2.26. The quantitative estimate of drug-likeness (QED) is 0.342. The summed E-state index contributed by atoms with van der Waals surface area (Å²) in [6.07, 6.45) is -0.590. The molecule has 0 saturated heterocycles. The van der Waals surface area contributed by atoms with Crippen LogP contribution >= 0.6 is 11.6 Å². The third-order valence-electron chi connectivity index (χ3n) is 6.05. The second kappa shape index (κ2) is 10.9. The number of benzene rings is 3. The summed E-state index contributed by atoms with van der Waals surface area (Å²) in [5, 5.41) is 28.8. The molecule has 186 valence electrons. The number of carboxylic acid groups (broad SMARTS) is 1. The summed E-state index contributed by atoms with van der Waals surface area (Å²) in [6, 6.07) is 15.4. The molecular weight excluding hydrogens is 492 g/mol. The zero-order valence-corrected chi connectivity index (χ0v) is 19.7. The molecule has 0 aliphatic heterocycles. The number of aliphatic carboxylic acids is 1. The highest BCUT2D eigenvalue weighted by atomic mass is 35.5. The van der Waals surface area contributed by atoms with E-state index in [1.165, 1.54) is 18.2 Å². The maximum atomic E-state index is 13.5. The first-order chi connectivity index (χ1) is 17.2. The molecular formula is C26H22ClF2N3O4. The average molecular weight is 514 g/mol. The fourth-order valence-electron chi connectivity index (χ4n) is 3.99. The second-order valence-electron chi connectivity index (χ2n) is 8.44. The molecule has 36 heavy (non-hydrogen) atoms. The summed E-state index contributed by atoms with van der Waals surface area (Å²) in [6.45, 7) is -0.0264. The van der Waals surface area contributed by atoms with Gasteiger partial charge in [0.05, 0.1) is 17.4 Å². The first-order valence-electron chi connectivity index (χ1n) is 11.2. The van der Waals surface area contributed by atoms with Crippen molar-refractivity contribution < 1.29 is 23.8 Å². The van der Waals surface area contributed by atoms with Crippen molar-refractivity contribution in [2.75, 3.05) is 0 Å². The van der Waals surface area contributed by atoms with Crippen molar-refractivity contribution in [3.8, 4) is 11.1 Å². The summed E-state index contributed by atoms with van der Waals surface area (Å²) in [5.74, 6) is -4.13. The maximum absolute atomic E-state index is 13.5. The van der Waals surface area contributed by atoms with Gasteiger partial charge in [-0.2, -0.15) is 0 Å². The van der Waals surface area contributed by atoms with E-state index in [4.69, 9.17) is 11.6 Å². The summed E-state index contributed by atoms with van der Waals surface area (Å²) in [7, 11) is 0. The number of halogens is 3. The van der Waals surface area contributed by atoms with Crippen molar-refractivity contribution in [1.82, 2.24) is 15.0 Å². The number of aryl methyl sites for hydroxylation is 2. The van der Waals surface area contributed by atoms with Crippen LogP contribution in [0.4, 0.5) is 8.78 Å². The van der Waals surface area contributed by atoms with Gasteiger partial charge >= 0.3 is 5.97 Å². The van der Waals surface area contributed by atoms with Crippen LogP contribution < -0.4 is 5.56 Å². The third kappa shape index (κ3) is 5.75. The molecule has 0 bridgehead atoms. The van der Waals surface area contributed by atoms with Crippen molar-refractivity contribution in [2.45, 2.75) is 31.9 Å². The number of aliphatic hydroxyl groups excluding tert-OH is 1. The lowest BCUT2D eigenvalue weighted by atomic mass is 9.93. The molecule has 3 aromatic carbocycles. The first kappa shape index (κ1) is 25.4. The van der Waals surface area contributed by atoms with Gasteiger partial charge in [-0.3, -0.25) is 9.59 Å². The Balaban J connectivity index is 1.38. The van der Waals surface area contributed by atoms with E-state index >= 15 is 0 Å². The number of rotatable bonds is 9. The Morgan fingerprint density at radius 1 is 0.972 bits per heavy atom. The second-order valence-corrected chi connectivity index (χ2v) is 8.88. The van der Waals surface area contributed by atoms with Gasteiger partial charge in [0, 0.05) is 11.6 Å². The zero-order chi connectivity index (χ0) is 25.8. The molecule has 0 spiro atoms. The first-order valence-corrected chi connectivity index (χ1v) is 11.6. The predicted octanol–water partition coefficient (Wildman–Crippen LogP) is 4.47. The largest absolute Gasteiger partial charge is 0.481 e. The van der Waals surface area contributed by atoms with E-state index in [1.807, 2.05) is 0 Å². The molecule has 1 heterocycles. The Bertz CT molecular complexity index is 1460. The highest BCUT2D eigenvalue weighted by Crippen LogP contribution is 2.23. The number of carbonyl (C=O) groups is 1. The van der Waals surface area contributed by atoms with Crippen molar-refractivity contribution >= 4 is 28.5 Å². The Labute approximate surface area is 209 Å². The van der Waals surface area contributed by atoms with E-state index in [0.717, 1.165) is 22.4 Å². The molecule has 1 aromatic heterocycles. The van der Waals surface area contributed by atoms with Gasteiger partial charge in [-0.1, -0.05) is 47.1 Å². The minimum Gasteiger partial charge on any atom is -0.481 e. The number of fused-ring (bicyclic) bond motifs is 1. The van der Waals surface area contributed by atoms with Crippen LogP contribution in [0.5, 0.6) is 0 Å². The molecule has 7 nitrogen and oxygen atoms in total. The van der Waals surface area contributed by atoms with Gasteiger partial charge < -0.3 is 10.2 Å². The molecule has 0 saturated carbocycles. The Hall–Kier alpha value is -3.69. The number of hydrogen-bond donors (Lipinski definition) is 2. The molecule has 0 unspecified atom stereocenters. The summed E-state index contributed by atoms with van der Waals surface area (Å²) in [5.41, 5.74) is 2.00. The lowest BCUT2D eigenvalue weighted by molar-refractivity contribution is -0.146. The van der Waals surface area contributed by atoms with Gasteiger partial charge in [-0.25, -0.2) is 13.5 Å². The van der Waals surface area contributed by atoms with Crippen LogP contribution in [0.2, 0.25) is 5.02 Å². The molecule has 2 atom stereocenters. The van der Waals surface area contributed by atoms with Crippen LogP contribution in [0.25, 0.3) is 22.0 Å². The molecule has 0 fully saturated rings. The highest BCUT2D eigenvalue weighted by molar-refractivity contribution is 6.31. The van der Waals surface area contributed by atoms with Gasteiger partial charge in [0.25, 0.3) is 5.56 Å². The van der Waals surface area contributed by atoms with Crippen molar-refractivity contribution in [3.05, 3.63) is 93.2 Å². The lowest BCUT2D eigenvalue weighted by Gasteiger charge is -2.19. The number of aliphatic hydroxyl groups is 1. The normalized spacial score (nSPS) is 13.0. The molecule has 0 aliphatic rings. The fourth-order valence-corrected chi connectivity index (χ4v) is 4.16. The van der Waals surface area contributed by atoms with Crippen LogP contribution in [0.15, 0.2) is 65.5 Å². The SMILES string of the molecule is O=C(O)[C@@H](CCn1nnc2cc(Cl)ccc2c1=O)[C@H](O)CCc1ccc(-c2ccc(F)c(F)c2)cc1. The Morgan fingerprint density at radius 3 is 2.39 bits per heavy atom. The molecule has 0 aliphatic carbocycles. The van der Waals surface area contributed by atoms with E-state index in [1.54, 1.807) is 30.3 Å². The van der Waals surface area contributed by atoms with Crippen LogP contribution in [0.3, 0.4) is 0 Å². The Kier molecular flexibility index (Phi) is 7.71. The van der Waals surface area contributed by atoms with Crippen molar-refractivity contribution in [2.24, 2.45) is 5.92 Å². The summed E-state index contributed by atoms with van der Waals surface area (Å²) in [4.78, 5) is 24.4. The predicted molar refractivity (Wildman–Crippen MR) is 131 cm³/mol. The summed E-state index contributed by atoms with van der Waals surface area (Å²) >= 11 is 5.91. The molecule has 0 radical (unpaired) electrons. The van der Waals surface area contributed by atoms with Crippen molar-refractivity contribution in [3.63, 3.8) is 0 Å². The monoisotopic (exact) mass is 513 g/mol. The smallest absolute Gasteiger partial charge is 0.309 e. The fraction of sp³-hybridized carbons (Fsp3) is 0.231. The molecule has 2 N–H and O–H groups in total. The Morgan fingerprint density at radius 2 is 1.69 bits per heavy atom. The van der Waals surface area contributed by atoms with E-state index in [0.29, 0.717) is 33.5 Å². The number of carboxylic acids is 1. The molecule has 4 rings (SSSR count). The van der Waals surface area contributed by atoms with Gasteiger partial charge in [-0.15, -0.1) is 5.10 Å². The number of nitrogens with zero attached hydrogens (tertiary/aromatic N) is 3. The van der Waals surface area contributed by atoms with Crippen molar-refractivity contribution in [1.29, 1.82) is 0 Å². The van der Waals surface area contributed by atoms with Gasteiger partial charge in [0.1, 0.15) is 5.52 Å². The minimum atomic E-state index is -1.18. The summed E-state index contributed by atoms with van der Waals surface area (Å²) < 4.78 is 27.7. The van der Waals surface area contributed by atoms with E-state index in [-0.39, 0.29) is 19.4 Å². The van der Waals surface area contributed by atoms with Gasteiger partial charge in [0.2, 0.25) is 0 Å². The van der Waals surface area contributed by atoms with Gasteiger partial charge in [-0.05, 0) is 66.3 Å². The number of hydrogen-bond acceptors (Lipinski definition) is 5. The van der Waals surface area contributed by atoms with E-state index in [9.17, 15) is 28.6 Å². The van der Waals surface area contributed by atoms with Crippen LogP contribution in [-0.2, 0) is 17.8 Å².